The Morgan fingerprint density at radius 2 is 2.08 bits per heavy atom. The molecule has 4 rings (SSSR count). The summed E-state index contributed by atoms with van der Waals surface area (Å²) >= 11 is 0. The van der Waals surface area contributed by atoms with Gasteiger partial charge in [-0.25, -0.2) is 4.98 Å². The minimum Gasteiger partial charge on any atom is -0.337 e. The van der Waals surface area contributed by atoms with Crippen LogP contribution in [-0.4, -0.2) is 43.4 Å². The van der Waals surface area contributed by atoms with Gasteiger partial charge >= 0.3 is 0 Å². The van der Waals surface area contributed by atoms with Crippen LogP contribution in [0.3, 0.4) is 0 Å². The lowest BCUT2D eigenvalue weighted by atomic mass is 10.1. The largest absolute Gasteiger partial charge is 0.337 e. The molecule has 1 atom stereocenters. The molecule has 1 aliphatic heterocycles. The zero-order valence-corrected chi connectivity index (χ0v) is 14.7. The first-order valence-corrected chi connectivity index (χ1v) is 8.85. The normalized spacial score (nSPS) is 16.8. The lowest BCUT2D eigenvalue weighted by molar-refractivity contribution is 0.0780. The fourth-order valence-electron chi connectivity index (χ4n) is 3.49. The lowest BCUT2D eigenvalue weighted by Crippen LogP contribution is -2.30. The quantitative estimate of drug-likeness (QED) is 0.728. The summed E-state index contributed by atoms with van der Waals surface area (Å²) in [6, 6.07) is 9.40. The summed E-state index contributed by atoms with van der Waals surface area (Å²) in [4.78, 5) is 27.4. The van der Waals surface area contributed by atoms with Gasteiger partial charge in [-0.2, -0.15) is 0 Å². The van der Waals surface area contributed by atoms with E-state index in [-0.39, 0.29) is 5.91 Å². The third kappa shape index (κ3) is 3.22. The van der Waals surface area contributed by atoms with Crippen LogP contribution < -0.4 is 0 Å². The van der Waals surface area contributed by atoms with E-state index in [2.05, 4.69) is 26.4 Å². The molecule has 0 aromatic carbocycles. The molecule has 0 spiro atoms. The van der Waals surface area contributed by atoms with Crippen molar-refractivity contribution in [1.29, 1.82) is 0 Å². The summed E-state index contributed by atoms with van der Waals surface area (Å²) in [6.07, 6.45) is 8.15. The molecule has 1 fully saturated rings. The number of aromatic nitrogens is 4. The van der Waals surface area contributed by atoms with Gasteiger partial charge in [0, 0.05) is 55.7 Å². The molecule has 1 amide bonds. The highest BCUT2D eigenvalue weighted by Gasteiger charge is 2.28. The highest BCUT2D eigenvalue weighted by molar-refractivity contribution is 5.92. The maximum absolute atomic E-state index is 12.6. The maximum Gasteiger partial charge on any atom is 0.272 e. The average molecular weight is 347 g/mol. The predicted octanol–water partition coefficient (Wildman–Crippen LogP) is 2.81. The Bertz CT molecular complexity index is 891. The van der Waals surface area contributed by atoms with Crippen molar-refractivity contribution in [1.82, 2.24) is 24.4 Å². The van der Waals surface area contributed by atoms with E-state index < -0.39 is 0 Å². The monoisotopic (exact) mass is 347 g/mol. The number of carbonyl (C=O) groups excluding carboxylic acids is 1. The van der Waals surface area contributed by atoms with Gasteiger partial charge in [0.2, 0.25) is 0 Å². The summed E-state index contributed by atoms with van der Waals surface area (Å²) in [7, 11) is 0. The van der Waals surface area contributed by atoms with Gasteiger partial charge in [0.15, 0.2) is 0 Å². The summed E-state index contributed by atoms with van der Waals surface area (Å²) in [5.74, 6) is 1.36. The highest BCUT2D eigenvalue weighted by Crippen LogP contribution is 2.24. The van der Waals surface area contributed by atoms with Gasteiger partial charge in [0.25, 0.3) is 5.91 Å². The van der Waals surface area contributed by atoms with E-state index in [1.165, 1.54) is 0 Å². The molecule has 0 N–H and O–H groups in total. The highest BCUT2D eigenvalue weighted by atomic mass is 16.2. The number of imidazole rings is 1. The zero-order valence-electron chi connectivity index (χ0n) is 14.7. The molecule has 0 radical (unpaired) electrons. The van der Waals surface area contributed by atoms with E-state index in [9.17, 15) is 4.79 Å². The third-order valence-corrected chi connectivity index (χ3v) is 4.87. The molecule has 1 unspecified atom stereocenters. The van der Waals surface area contributed by atoms with Crippen LogP contribution >= 0.6 is 0 Å². The average Bonchev–Trinajstić information content (AvgIpc) is 3.30. The summed E-state index contributed by atoms with van der Waals surface area (Å²) in [5, 5.41) is 0. The van der Waals surface area contributed by atoms with Crippen molar-refractivity contribution in [3.63, 3.8) is 0 Å². The fourth-order valence-corrected chi connectivity index (χ4v) is 3.49. The Labute approximate surface area is 152 Å². The number of nitrogens with zero attached hydrogens (tertiary/aromatic N) is 5. The molecule has 1 saturated heterocycles. The van der Waals surface area contributed by atoms with E-state index in [0.29, 0.717) is 11.6 Å². The molecule has 0 bridgehead atoms. The second kappa shape index (κ2) is 7.07. The fraction of sp³-hybridized carbons (Fsp3) is 0.300. The van der Waals surface area contributed by atoms with Crippen molar-refractivity contribution in [3.05, 3.63) is 66.5 Å². The SMILES string of the molecule is Cc1cnc(-c2cccnc2)n1CC1CCN(C(=O)c2ccccn2)C1. The Hall–Kier alpha value is -3.02. The van der Waals surface area contributed by atoms with Crippen LogP contribution in [0, 0.1) is 12.8 Å². The molecule has 0 aliphatic carbocycles. The van der Waals surface area contributed by atoms with Gasteiger partial charge in [-0.3, -0.25) is 14.8 Å². The Balaban J connectivity index is 1.48. The molecule has 3 aromatic rings. The standard InChI is InChI=1S/C20H21N5O/c1-15-11-23-19(17-5-4-8-21-12-17)25(15)14-16-7-10-24(13-16)20(26)18-6-2-3-9-22-18/h2-6,8-9,11-12,16H,7,10,13-14H2,1H3. The minimum absolute atomic E-state index is 0.0166. The molecule has 1 aliphatic rings. The number of hydrogen-bond donors (Lipinski definition) is 0. The first kappa shape index (κ1) is 16.4. The topological polar surface area (TPSA) is 63.9 Å². The van der Waals surface area contributed by atoms with Gasteiger partial charge < -0.3 is 9.47 Å². The first-order valence-electron chi connectivity index (χ1n) is 8.85. The number of pyridine rings is 2. The van der Waals surface area contributed by atoms with Crippen molar-refractivity contribution in [2.75, 3.05) is 13.1 Å². The molecule has 4 heterocycles. The molecule has 3 aromatic heterocycles. The summed E-state index contributed by atoms with van der Waals surface area (Å²) in [6.45, 7) is 4.44. The van der Waals surface area contributed by atoms with Gasteiger partial charge in [-0.15, -0.1) is 0 Å². The number of carbonyl (C=O) groups is 1. The number of likely N-dealkylation sites (tertiary alicyclic amines) is 1. The van der Waals surface area contributed by atoms with Gasteiger partial charge in [-0.1, -0.05) is 6.07 Å². The van der Waals surface area contributed by atoms with Crippen LogP contribution in [0.25, 0.3) is 11.4 Å². The van der Waals surface area contributed by atoms with E-state index >= 15 is 0 Å². The number of hydrogen-bond acceptors (Lipinski definition) is 4. The van der Waals surface area contributed by atoms with Crippen molar-refractivity contribution < 1.29 is 4.79 Å². The molecular weight excluding hydrogens is 326 g/mol. The van der Waals surface area contributed by atoms with Crippen LogP contribution in [0.4, 0.5) is 0 Å². The second-order valence-electron chi connectivity index (χ2n) is 6.70. The smallest absolute Gasteiger partial charge is 0.272 e. The van der Waals surface area contributed by atoms with E-state index in [1.54, 1.807) is 18.5 Å². The van der Waals surface area contributed by atoms with E-state index in [0.717, 1.165) is 43.1 Å². The van der Waals surface area contributed by atoms with Crippen molar-refractivity contribution in [3.8, 4) is 11.4 Å². The van der Waals surface area contributed by atoms with Crippen LogP contribution in [0.1, 0.15) is 22.6 Å². The lowest BCUT2D eigenvalue weighted by Gasteiger charge is -2.18. The minimum atomic E-state index is 0.0166. The van der Waals surface area contributed by atoms with Crippen LogP contribution in [0.15, 0.2) is 55.1 Å². The summed E-state index contributed by atoms with van der Waals surface area (Å²) < 4.78 is 2.23. The maximum atomic E-state index is 12.6. The van der Waals surface area contributed by atoms with Crippen molar-refractivity contribution in [2.24, 2.45) is 5.92 Å². The van der Waals surface area contributed by atoms with Crippen molar-refractivity contribution >= 4 is 5.91 Å². The number of rotatable bonds is 4. The second-order valence-corrected chi connectivity index (χ2v) is 6.70. The molecular formula is C20H21N5O. The number of amides is 1. The molecule has 6 heteroatoms. The third-order valence-electron chi connectivity index (χ3n) is 4.87. The molecule has 132 valence electrons. The van der Waals surface area contributed by atoms with Crippen LogP contribution in [0.5, 0.6) is 0 Å². The Morgan fingerprint density at radius 1 is 1.15 bits per heavy atom. The van der Waals surface area contributed by atoms with Gasteiger partial charge in [0.1, 0.15) is 11.5 Å². The van der Waals surface area contributed by atoms with E-state index in [1.807, 2.05) is 41.6 Å². The van der Waals surface area contributed by atoms with Gasteiger partial charge in [0.05, 0.1) is 0 Å². The summed E-state index contributed by atoms with van der Waals surface area (Å²) in [5.41, 5.74) is 2.65. The first-order chi connectivity index (χ1) is 12.7. The molecule has 0 saturated carbocycles. The van der Waals surface area contributed by atoms with Crippen LogP contribution in [-0.2, 0) is 6.54 Å². The molecule has 6 nitrogen and oxygen atoms in total. The van der Waals surface area contributed by atoms with Crippen LogP contribution in [0.2, 0.25) is 0 Å². The van der Waals surface area contributed by atoms with Gasteiger partial charge in [-0.05, 0) is 43.5 Å². The van der Waals surface area contributed by atoms with Crippen molar-refractivity contribution in [2.45, 2.75) is 19.9 Å². The number of aryl methyl sites for hydroxylation is 1. The Kier molecular flexibility index (Phi) is 4.48. The zero-order chi connectivity index (χ0) is 17.9. The van der Waals surface area contributed by atoms with E-state index in [4.69, 9.17) is 0 Å². The Morgan fingerprint density at radius 3 is 2.85 bits per heavy atom. The molecule has 26 heavy (non-hydrogen) atoms. The predicted molar refractivity (Wildman–Crippen MR) is 98.4 cm³/mol.